The molecule has 4 rings (SSSR count). The summed E-state index contributed by atoms with van der Waals surface area (Å²) in [5.74, 6) is 1.46. The van der Waals surface area contributed by atoms with Crippen molar-refractivity contribution in [3.63, 3.8) is 0 Å². The second-order valence-corrected chi connectivity index (χ2v) is 8.98. The Bertz CT molecular complexity index is 1210. The number of ether oxygens (including phenoxy) is 1. The number of benzene rings is 2. The van der Waals surface area contributed by atoms with Gasteiger partial charge >= 0.3 is 0 Å². The van der Waals surface area contributed by atoms with Gasteiger partial charge in [0, 0.05) is 31.4 Å². The van der Waals surface area contributed by atoms with Crippen molar-refractivity contribution < 1.29 is 13.2 Å². The van der Waals surface area contributed by atoms with Gasteiger partial charge in [0.15, 0.2) is 0 Å². The SMILES string of the molecule is CN(C)c1cccc(Oc2ccc(-c3cn4nc(S(N)(=O)=O)sc4n3)cc2)c1. The molecule has 0 unspecified atom stereocenters. The van der Waals surface area contributed by atoms with Gasteiger partial charge in [-0.3, -0.25) is 0 Å². The van der Waals surface area contributed by atoms with Crippen molar-refractivity contribution in [3.05, 3.63) is 54.7 Å². The van der Waals surface area contributed by atoms with Crippen LogP contribution in [-0.2, 0) is 10.0 Å². The van der Waals surface area contributed by atoms with Crippen molar-refractivity contribution in [1.29, 1.82) is 0 Å². The van der Waals surface area contributed by atoms with Crippen LogP contribution < -0.4 is 14.8 Å². The van der Waals surface area contributed by atoms with Crippen LogP contribution >= 0.6 is 11.3 Å². The predicted molar refractivity (Wildman–Crippen MR) is 109 cm³/mol. The van der Waals surface area contributed by atoms with E-state index in [-0.39, 0.29) is 4.34 Å². The molecule has 0 fully saturated rings. The number of nitrogens with zero attached hydrogens (tertiary/aromatic N) is 4. The van der Waals surface area contributed by atoms with Crippen LogP contribution in [0.4, 0.5) is 5.69 Å². The molecule has 0 amide bonds. The van der Waals surface area contributed by atoms with Crippen molar-refractivity contribution in [2.24, 2.45) is 5.14 Å². The fraction of sp³-hybridized carbons (Fsp3) is 0.111. The number of hydrogen-bond acceptors (Lipinski definition) is 7. The first-order valence-electron chi connectivity index (χ1n) is 8.24. The summed E-state index contributed by atoms with van der Waals surface area (Å²) in [5.41, 5.74) is 2.60. The lowest BCUT2D eigenvalue weighted by Crippen LogP contribution is -2.12. The first-order chi connectivity index (χ1) is 13.3. The Morgan fingerprint density at radius 2 is 1.86 bits per heavy atom. The molecule has 0 radical (unpaired) electrons. The van der Waals surface area contributed by atoms with Gasteiger partial charge in [-0.2, -0.15) is 0 Å². The van der Waals surface area contributed by atoms with Crippen molar-refractivity contribution in [2.45, 2.75) is 4.34 Å². The van der Waals surface area contributed by atoms with Crippen molar-refractivity contribution >= 4 is 32.0 Å². The number of sulfonamides is 1. The smallest absolute Gasteiger partial charge is 0.267 e. The first-order valence-corrected chi connectivity index (χ1v) is 10.6. The monoisotopic (exact) mass is 415 g/mol. The second-order valence-electron chi connectivity index (χ2n) is 6.28. The van der Waals surface area contributed by atoms with Gasteiger partial charge < -0.3 is 9.64 Å². The number of fused-ring (bicyclic) bond motifs is 1. The van der Waals surface area contributed by atoms with Crippen LogP contribution in [0.5, 0.6) is 11.5 Å². The largest absolute Gasteiger partial charge is 0.457 e. The lowest BCUT2D eigenvalue weighted by molar-refractivity contribution is 0.483. The molecule has 8 nitrogen and oxygen atoms in total. The van der Waals surface area contributed by atoms with E-state index >= 15 is 0 Å². The van der Waals surface area contributed by atoms with Gasteiger partial charge in [0.2, 0.25) is 9.30 Å². The molecule has 28 heavy (non-hydrogen) atoms. The van der Waals surface area contributed by atoms with Gasteiger partial charge in [-0.05, 0) is 36.4 Å². The van der Waals surface area contributed by atoms with Gasteiger partial charge in [-0.1, -0.05) is 17.4 Å². The molecule has 0 atom stereocenters. The summed E-state index contributed by atoms with van der Waals surface area (Å²) in [6.07, 6.45) is 1.66. The highest BCUT2D eigenvalue weighted by Gasteiger charge is 2.17. The number of primary sulfonamides is 1. The van der Waals surface area contributed by atoms with Gasteiger partial charge in [-0.15, -0.1) is 5.10 Å². The molecule has 0 aliphatic heterocycles. The van der Waals surface area contributed by atoms with Crippen molar-refractivity contribution in [2.75, 3.05) is 19.0 Å². The predicted octanol–water partition coefficient (Wildman–Crippen LogP) is 2.96. The molecule has 4 aromatic rings. The molecule has 144 valence electrons. The van der Waals surface area contributed by atoms with Crippen LogP contribution in [0.15, 0.2) is 59.1 Å². The number of imidazole rings is 1. The van der Waals surface area contributed by atoms with Crippen LogP contribution in [0.1, 0.15) is 0 Å². The standard InChI is InChI=1S/C18H17N5O3S2/c1-22(2)13-4-3-5-15(10-13)26-14-8-6-12(7-9-14)16-11-23-17(20-16)27-18(21-23)28(19,24)25/h3-11H,1-2H3,(H2,19,24,25). The van der Waals surface area contributed by atoms with Crippen LogP contribution in [0.2, 0.25) is 0 Å². The van der Waals surface area contributed by atoms with Gasteiger partial charge in [0.05, 0.1) is 11.9 Å². The van der Waals surface area contributed by atoms with Gasteiger partial charge in [0.25, 0.3) is 10.0 Å². The summed E-state index contributed by atoms with van der Waals surface area (Å²) >= 11 is 0.927. The van der Waals surface area contributed by atoms with Crippen molar-refractivity contribution in [1.82, 2.24) is 14.6 Å². The second kappa shape index (κ2) is 6.89. The third kappa shape index (κ3) is 3.70. The molecule has 2 heterocycles. The average molecular weight is 416 g/mol. The molecule has 0 bridgehead atoms. The maximum Gasteiger partial charge on any atom is 0.267 e. The van der Waals surface area contributed by atoms with E-state index in [2.05, 4.69) is 10.1 Å². The van der Waals surface area contributed by atoms with E-state index in [1.807, 2.05) is 67.5 Å². The van der Waals surface area contributed by atoms with Gasteiger partial charge in [0.1, 0.15) is 11.5 Å². The molecule has 0 saturated carbocycles. The minimum atomic E-state index is -3.83. The topological polar surface area (TPSA) is 103 Å². The van der Waals surface area contributed by atoms with E-state index in [4.69, 9.17) is 9.88 Å². The maximum atomic E-state index is 11.4. The fourth-order valence-corrected chi connectivity index (χ4v) is 4.10. The zero-order chi connectivity index (χ0) is 19.9. The van der Waals surface area contributed by atoms with E-state index in [0.717, 1.165) is 28.3 Å². The fourth-order valence-electron chi connectivity index (χ4n) is 2.59. The third-order valence-corrected chi connectivity index (χ3v) is 6.22. The summed E-state index contributed by atoms with van der Waals surface area (Å²) in [7, 11) is 0.124. The lowest BCUT2D eigenvalue weighted by atomic mass is 10.1. The molecule has 0 aliphatic rings. The molecule has 0 aliphatic carbocycles. The molecule has 2 aromatic heterocycles. The molecular formula is C18H17N5O3S2. The maximum absolute atomic E-state index is 11.4. The Morgan fingerprint density at radius 3 is 2.50 bits per heavy atom. The quantitative estimate of drug-likeness (QED) is 0.538. The number of nitrogens with two attached hydrogens (primary N) is 1. The highest BCUT2D eigenvalue weighted by atomic mass is 32.2. The van der Waals surface area contributed by atoms with Crippen molar-refractivity contribution in [3.8, 4) is 22.8 Å². The van der Waals surface area contributed by atoms with Crippen LogP contribution in [0.3, 0.4) is 0 Å². The Morgan fingerprint density at radius 1 is 1.11 bits per heavy atom. The van der Waals surface area contributed by atoms with E-state index in [1.54, 1.807) is 6.20 Å². The molecule has 2 N–H and O–H groups in total. The number of hydrogen-bond donors (Lipinski definition) is 1. The van der Waals surface area contributed by atoms with E-state index < -0.39 is 10.0 Å². The minimum absolute atomic E-state index is 0.162. The molecule has 0 saturated heterocycles. The Labute approximate surface area is 165 Å². The normalized spacial score (nSPS) is 11.7. The summed E-state index contributed by atoms with van der Waals surface area (Å²) < 4.78 is 29.9. The third-order valence-electron chi connectivity index (χ3n) is 3.99. The molecule has 10 heteroatoms. The van der Waals surface area contributed by atoms with Gasteiger partial charge in [-0.25, -0.2) is 23.1 Å². The molecule has 0 spiro atoms. The average Bonchev–Trinajstić information content (AvgIpc) is 3.21. The Balaban J connectivity index is 1.55. The summed E-state index contributed by atoms with van der Waals surface area (Å²) in [5, 5.41) is 9.05. The summed E-state index contributed by atoms with van der Waals surface area (Å²) in [6.45, 7) is 0. The minimum Gasteiger partial charge on any atom is -0.457 e. The Hall–Kier alpha value is -2.95. The number of anilines is 1. The highest BCUT2D eigenvalue weighted by Crippen LogP contribution is 2.28. The zero-order valence-electron chi connectivity index (χ0n) is 15.1. The zero-order valence-corrected chi connectivity index (χ0v) is 16.7. The Kier molecular flexibility index (Phi) is 4.53. The number of aromatic nitrogens is 3. The van der Waals surface area contributed by atoms with Crippen LogP contribution in [0.25, 0.3) is 16.2 Å². The molecular weight excluding hydrogens is 398 g/mol. The van der Waals surface area contributed by atoms with Crippen LogP contribution in [-0.4, -0.2) is 37.1 Å². The number of rotatable bonds is 5. The van der Waals surface area contributed by atoms with E-state index in [1.165, 1.54) is 4.52 Å². The first kappa shape index (κ1) is 18.4. The molecule has 2 aromatic carbocycles. The van der Waals surface area contributed by atoms with E-state index in [0.29, 0.717) is 16.4 Å². The summed E-state index contributed by atoms with van der Waals surface area (Å²) in [4.78, 5) is 6.88. The van der Waals surface area contributed by atoms with E-state index in [9.17, 15) is 8.42 Å². The highest BCUT2D eigenvalue weighted by molar-refractivity contribution is 7.91. The van der Waals surface area contributed by atoms with Crippen LogP contribution in [0, 0.1) is 0 Å². The summed E-state index contributed by atoms with van der Waals surface area (Å²) in [6, 6.07) is 15.3. The lowest BCUT2D eigenvalue weighted by Gasteiger charge is -2.14.